The van der Waals surface area contributed by atoms with Crippen molar-refractivity contribution in [3.05, 3.63) is 119 Å². The maximum atomic E-state index is 15.8. The minimum absolute atomic E-state index is 0.0211. The summed E-state index contributed by atoms with van der Waals surface area (Å²) in [7, 11) is 0. The molecule has 21 heteroatoms. The molecule has 7 rings (SSSR count). The number of nitrogens with two attached hydrogens (primary N) is 1. The topological polar surface area (TPSA) is 301 Å². The number of hydrogen-bond donors (Lipinski definition) is 5. The van der Waals surface area contributed by atoms with Gasteiger partial charge in [-0.05, 0) is 61.2 Å². The maximum absolute atomic E-state index is 15.8. The van der Waals surface area contributed by atoms with Crippen molar-refractivity contribution in [1.82, 2.24) is 10.6 Å². The number of hydrogen-bond acceptors (Lipinski definition) is 19. The van der Waals surface area contributed by atoms with E-state index < -0.39 is 119 Å². The fourth-order valence-electron chi connectivity index (χ4n) is 11.6. The quantitative estimate of drug-likeness (QED) is 0.0392. The van der Waals surface area contributed by atoms with Crippen LogP contribution in [0.2, 0.25) is 0 Å². The van der Waals surface area contributed by atoms with Crippen LogP contribution in [0.15, 0.2) is 102 Å². The first-order chi connectivity index (χ1) is 37.6. The highest BCUT2D eigenvalue weighted by Gasteiger charge is 2.78. The Balaban J connectivity index is 1.30. The third kappa shape index (κ3) is 12.6. The van der Waals surface area contributed by atoms with Gasteiger partial charge in [-0.1, -0.05) is 80.6 Å². The molecule has 21 nitrogen and oxygen atoms in total. The summed E-state index contributed by atoms with van der Waals surface area (Å²) in [4.78, 5) is 113. The van der Waals surface area contributed by atoms with Crippen molar-refractivity contribution in [2.75, 3.05) is 46.1 Å². The van der Waals surface area contributed by atoms with Gasteiger partial charge < -0.3 is 64.5 Å². The van der Waals surface area contributed by atoms with Crippen LogP contribution >= 0.6 is 0 Å². The number of Topliss-reactive ketones (excluding diaryl/α,β-unsaturated/α-hetero) is 1. The van der Waals surface area contributed by atoms with Crippen LogP contribution in [0.1, 0.15) is 106 Å². The highest BCUT2D eigenvalue weighted by molar-refractivity contribution is 5.96. The van der Waals surface area contributed by atoms with E-state index in [1.165, 1.54) is 52.0 Å². The van der Waals surface area contributed by atoms with Gasteiger partial charge in [0.1, 0.15) is 30.0 Å². The Morgan fingerprint density at radius 2 is 1.42 bits per heavy atom. The molecule has 0 spiro atoms. The first kappa shape index (κ1) is 59.8. The van der Waals surface area contributed by atoms with Crippen molar-refractivity contribution < 1.29 is 86.5 Å². The zero-order valence-electron chi connectivity index (χ0n) is 45.3. The lowest BCUT2D eigenvalue weighted by molar-refractivity contribution is -0.346. The summed E-state index contributed by atoms with van der Waals surface area (Å²) in [5.74, 6) is -8.51. The van der Waals surface area contributed by atoms with Gasteiger partial charge in [0.05, 0.1) is 56.0 Å². The lowest BCUT2D eigenvalue weighted by Gasteiger charge is -2.67. The van der Waals surface area contributed by atoms with Crippen LogP contribution in [-0.4, -0.2) is 152 Å². The van der Waals surface area contributed by atoms with Gasteiger partial charge in [0.25, 0.3) is 5.91 Å². The Morgan fingerprint density at radius 3 is 2.01 bits per heavy atom. The van der Waals surface area contributed by atoms with Gasteiger partial charge in [0.15, 0.2) is 17.5 Å². The maximum Gasteiger partial charge on any atom is 0.350 e. The Labute approximate surface area is 458 Å². The summed E-state index contributed by atoms with van der Waals surface area (Å²) >= 11 is 0. The number of benzene rings is 3. The van der Waals surface area contributed by atoms with Crippen LogP contribution in [0.5, 0.6) is 0 Å². The SMILES string of the molecule is CC(=O)O[C@H]1C(=O)[C@@]2(C)[C@H]([C@H](OC(=O)c3ccccc3)[C@]3(O)C[C@H](OC(=O)[C@H](OC(=O)CCCC(=O)NCCOCCOCCN)[C@@H](NC(=O)c4ccccc4)c4ccccc4)C(C)=C1C3(C)C)[C@]1(OC(C)=O)CO[C@@H]1C[C@@H]2O. The van der Waals surface area contributed by atoms with Gasteiger partial charge in [-0.25, -0.2) is 9.59 Å². The lowest BCUT2D eigenvalue weighted by Crippen LogP contribution is -2.82. The second-order valence-corrected chi connectivity index (χ2v) is 21.0. The zero-order chi connectivity index (χ0) is 57.3. The summed E-state index contributed by atoms with van der Waals surface area (Å²) in [6.45, 7) is 9.61. The molecule has 11 atom stereocenters. The molecule has 2 amide bonds. The third-order valence-corrected chi connectivity index (χ3v) is 15.7. The molecule has 79 heavy (non-hydrogen) atoms. The first-order valence-electron chi connectivity index (χ1n) is 26.4. The van der Waals surface area contributed by atoms with Crippen LogP contribution in [0.4, 0.5) is 0 Å². The van der Waals surface area contributed by atoms with E-state index >= 15 is 9.59 Å². The van der Waals surface area contributed by atoms with Crippen molar-refractivity contribution in [2.24, 2.45) is 22.5 Å². The van der Waals surface area contributed by atoms with Gasteiger partial charge in [-0.15, -0.1) is 0 Å². The average Bonchev–Trinajstić information content (AvgIpc) is 3.41. The fourth-order valence-corrected chi connectivity index (χ4v) is 11.6. The van der Waals surface area contributed by atoms with Gasteiger partial charge in [-0.3, -0.25) is 28.8 Å². The molecule has 3 fully saturated rings. The molecule has 4 aliphatic rings. The third-order valence-electron chi connectivity index (χ3n) is 15.7. The number of rotatable bonds is 23. The molecule has 1 saturated heterocycles. The molecular formula is C58H71N3O18. The van der Waals surface area contributed by atoms with E-state index in [0.29, 0.717) is 31.9 Å². The summed E-state index contributed by atoms with van der Waals surface area (Å²) in [5.41, 5.74) is -2.23. The molecule has 0 aromatic heterocycles. The molecule has 426 valence electrons. The fraction of sp³-hybridized carbons (Fsp3) is 0.517. The molecule has 1 aliphatic heterocycles. The van der Waals surface area contributed by atoms with Crippen LogP contribution in [0, 0.1) is 16.7 Å². The second kappa shape index (κ2) is 25.5. The van der Waals surface area contributed by atoms with E-state index in [2.05, 4.69) is 10.6 Å². The van der Waals surface area contributed by atoms with Crippen molar-refractivity contribution in [3.8, 4) is 0 Å². The molecule has 3 aliphatic carbocycles. The number of ether oxygens (including phenoxy) is 8. The van der Waals surface area contributed by atoms with Crippen LogP contribution < -0.4 is 16.4 Å². The Bertz CT molecular complexity index is 2740. The second-order valence-electron chi connectivity index (χ2n) is 21.0. The predicted molar refractivity (Wildman–Crippen MR) is 279 cm³/mol. The number of aliphatic hydroxyl groups excluding tert-OH is 1. The molecule has 0 unspecified atom stereocenters. The Hall–Kier alpha value is -6.88. The number of carbonyl (C=O) groups is 8. The van der Waals surface area contributed by atoms with E-state index in [-0.39, 0.29) is 73.6 Å². The van der Waals surface area contributed by atoms with Gasteiger partial charge in [0.2, 0.25) is 12.0 Å². The van der Waals surface area contributed by atoms with E-state index in [1.54, 1.807) is 66.7 Å². The summed E-state index contributed by atoms with van der Waals surface area (Å²) in [5, 5.41) is 31.8. The highest BCUT2D eigenvalue weighted by Crippen LogP contribution is 2.64. The summed E-state index contributed by atoms with van der Waals surface area (Å²) < 4.78 is 47.6. The first-order valence-corrected chi connectivity index (χ1v) is 26.4. The van der Waals surface area contributed by atoms with E-state index in [1.807, 2.05) is 0 Å². The predicted octanol–water partition coefficient (Wildman–Crippen LogP) is 3.57. The highest BCUT2D eigenvalue weighted by atomic mass is 16.6. The van der Waals surface area contributed by atoms with Crippen LogP contribution in [-0.2, 0) is 66.7 Å². The molecular weight excluding hydrogens is 1030 g/mol. The number of esters is 5. The summed E-state index contributed by atoms with van der Waals surface area (Å²) in [6, 6.07) is 22.5. The lowest BCUT2D eigenvalue weighted by atomic mass is 9.44. The molecule has 6 N–H and O–H groups in total. The largest absolute Gasteiger partial charge is 0.455 e. The van der Waals surface area contributed by atoms with Crippen LogP contribution in [0.3, 0.4) is 0 Å². The van der Waals surface area contributed by atoms with Crippen molar-refractivity contribution >= 4 is 47.4 Å². The van der Waals surface area contributed by atoms with Crippen molar-refractivity contribution in [3.63, 3.8) is 0 Å². The standard InChI is InChI=1S/C58H71N3O18/c1-34-40(76-54(70)48(46(37-17-10-7-11-18-37)61-52(68)38-19-12-8-13-20-38)77-44(66)24-16-23-43(65)60-26-28-73-30-29-72-27-25-59)32-58(71)51(78-53(69)39-21-14-9-15-22-39)49-56(6,41(64)31-42-57(49,33-74-42)79-36(3)63)50(67)47(75-35(2)62)45(34)55(58,4)5/h7-15,17-22,40-42,46-49,51,64,71H,16,23-33,59H2,1-6H3,(H,60,65)(H,61,68)/t40-,41-,42+,46-,47+,48+,49-,51-,56+,57-,58+/m0/s1. The molecule has 2 saturated carbocycles. The molecule has 0 radical (unpaired) electrons. The van der Waals surface area contributed by atoms with Crippen molar-refractivity contribution in [2.45, 2.75) is 128 Å². The van der Waals surface area contributed by atoms with E-state index in [9.17, 15) is 39.0 Å². The number of fused-ring (bicyclic) bond motifs is 5. The average molecular weight is 1100 g/mol. The molecule has 2 bridgehead atoms. The molecule has 3 aromatic carbocycles. The Morgan fingerprint density at radius 1 is 0.797 bits per heavy atom. The van der Waals surface area contributed by atoms with Gasteiger partial charge in [-0.2, -0.15) is 0 Å². The minimum atomic E-state index is -2.50. The zero-order valence-corrected chi connectivity index (χ0v) is 45.3. The van der Waals surface area contributed by atoms with Gasteiger partial charge in [0, 0.05) is 63.6 Å². The van der Waals surface area contributed by atoms with E-state index in [0.717, 1.165) is 13.8 Å². The Kier molecular flexibility index (Phi) is 19.3. The van der Waals surface area contributed by atoms with Crippen molar-refractivity contribution in [1.29, 1.82) is 0 Å². The van der Waals surface area contributed by atoms with Crippen LogP contribution in [0.25, 0.3) is 0 Å². The minimum Gasteiger partial charge on any atom is -0.455 e. The number of ketones is 1. The normalized spacial score (nSPS) is 27.4. The summed E-state index contributed by atoms with van der Waals surface area (Å²) in [6.07, 6.45) is -11.5. The monoisotopic (exact) mass is 1100 g/mol. The smallest absolute Gasteiger partial charge is 0.350 e. The molecule has 3 aromatic rings. The number of amides is 2. The number of carbonyl (C=O) groups excluding carboxylic acids is 8. The number of aliphatic hydroxyl groups is 2. The van der Waals surface area contributed by atoms with E-state index in [4.69, 9.17) is 43.6 Å². The number of nitrogens with one attached hydrogen (secondary N) is 2. The molecule has 1 heterocycles. The van der Waals surface area contributed by atoms with Gasteiger partial charge >= 0.3 is 29.8 Å².